The van der Waals surface area contributed by atoms with Crippen molar-refractivity contribution in [2.75, 3.05) is 33.0 Å². The Morgan fingerprint density at radius 3 is 2.00 bits per heavy atom. The maximum Gasteiger partial charge on any atom is 0.159 e. The highest BCUT2D eigenvalue weighted by Crippen LogP contribution is 2.04. The quantitative estimate of drug-likeness (QED) is 0.512. The van der Waals surface area contributed by atoms with E-state index in [4.69, 9.17) is 24.4 Å². The van der Waals surface area contributed by atoms with Gasteiger partial charge in [-0.25, -0.2) is 0 Å². The van der Waals surface area contributed by atoms with Crippen LogP contribution in [0.1, 0.15) is 26.7 Å². The molecule has 0 aliphatic heterocycles. The number of aliphatic hydroxyl groups excluding tert-OH is 2. The van der Waals surface area contributed by atoms with Crippen molar-refractivity contribution < 1.29 is 24.4 Å². The van der Waals surface area contributed by atoms with Gasteiger partial charge in [0.1, 0.15) is 0 Å². The van der Waals surface area contributed by atoms with Crippen molar-refractivity contribution in [3.05, 3.63) is 0 Å². The van der Waals surface area contributed by atoms with Gasteiger partial charge in [0, 0.05) is 26.2 Å². The summed E-state index contributed by atoms with van der Waals surface area (Å²) in [5, 5.41) is 17.6. The molecule has 5 nitrogen and oxygen atoms in total. The zero-order valence-electron chi connectivity index (χ0n) is 10.2. The van der Waals surface area contributed by atoms with Crippen molar-refractivity contribution in [1.29, 1.82) is 0 Å². The largest absolute Gasteiger partial charge is 0.396 e. The highest BCUT2D eigenvalue weighted by molar-refractivity contribution is 4.55. The Bertz CT molecular complexity index is 136. The molecule has 0 aromatic heterocycles. The summed E-state index contributed by atoms with van der Waals surface area (Å²) in [6.07, 6.45) is 0.533. The Kier molecular flexibility index (Phi) is 11.1. The van der Waals surface area contributed by atoms with Gasteiger partial charge >= 0.3 is 0 Å². The Hall–Kier alpha value is -0.200. The van der Waals surface area contributed by atoms with Gasteiger partial charge in [-0.05, 0) is 20.3 Å². The van der Waals surface area contributed by atoms with Crippen LogP contribution in [0.4, 0.5) is 0 Å². The van der Waals surface area contributed by atoms with Crippen molar-refractivity contribution in [3.63, 3.8) is 0 Å². The first kappa shape index (κ1) is 15.8. The molecule has 0 aliphatic carbocycles. The van der Waals surface area contributed by atoms with Gasteiger partial charge in [0.05, 0.1) is 19.3 Å². The van der Waals surface area contributed by atoms with E-state index in [1.807, 2.05) is 13.8 Å². The summed E-state index contributed by atoms with van der Waals surface area (Å²) >= 11 is 0. The van der Waals surface area contributed by atoms with Crippen LogP contribution in [0.15, 0.2) is 0 Å². The minimum absolute atomic E-state index is 0.0194. The zero-order valence-corrected chi connectivity index (χ0v) is 10.2. The molecule has 0 amide bonds. The molecule has 16 heavy (non-hydrogen) atoms. The molecule has 1 atom stereocenters. The number of ether oxygens (including phenoxy) is 3. The van der Waals surface area contributed by atoms with E-state index in [2.05, 4.69) is 0 Å². The second-order valence-electron chi connectivity index (χ2n) is 3.32. The Morgan fingerprint density at radius 1 is 0.938 bits per heavy atom. The molecule has 0 heterocycles. The molecule has 0 spiro atoms. The van der Waals surface area contributed by atoms with Gasteiger partial charge in [0.15, 0.2) is 6.29 Å². The Labute approximate surface area is 97.3 Å². The fourth-order valence-electron chi connectivity index (χ4n) is 1.29. The van der Waals surface area contributed by atoms with Crippen LogP contribution in [-0.4, -0.2) is 55.6 Å². The summed E-state index contributed by atoms with van der Waals surface area (Å²) in [6.45, 7) is 5.43. The maximum absolute atomic E-state index is 8.93. The minimum atomic E-state index is -0.297. The number of hydrogen-bond acceptors (Lipinski definition) is 5. The van der Waals surface area contributed by atoms with Crippen LogP contribution in [0, 0.1) is 0 Å². The predicted octanol–water partition coefficient (Wildman–Crippen LogP) is 0.535. The van der Waals surface area contributed by atoms with E-state index in [0.717, 1.165) is 0 Å². The van der Waals surface area contributed by atoms with Crippen molar-refractivity contribution in [2.24, 2.45) is 0 Å². The van der Waals surface area contributed by atoms with Gasteiger partial charge in [-0.1, -0.05) is 0 Å². The molecule has 0 aromatic carbocycles. The van der Waals surface area contributed by atoms with Gasteiger partial charge in [0.25, 0.3) is 0 Å². The van der Waals surface area contributed by atoms with E-state index >= 15 is 0 Å². The van der Waals surface area contributed by atoms with Crippen molar-refractivity contribution >= 4 is 0 Å². The highest BCUT2D eigenvalue weighted by Gasteiger charge is 2.11. The van der Waals surface area contributed by atoms with E-state index in [-0.39, 0.29) is 25.6 Å². The van der Waals surface area contributed by atoms with Crippen molar-refractivity contribution in [1.82, 2.24) is 0 Å². The summed E-state index contributed by atoms with van der Waals surface area (Å²) < 4.78 is 16.1. The lowest BCUT2D eigenvalue weighted by molar-refractivity contribution is -0.150. The molecule has 0 rings (SSSR count). The van der Waals surface area contributed by atoms with Crippen LogP contribution in [-0.2, 0) is 14.2 Å². The van der Waals surface area contributed by atoms with E-state index in [1.54, 1.807) is 0 Å². The minimum Gasteiger partial charge on any atom is -0.396 e. The summed E-state index contributed by atoms with van der Waals surface area (Å²) in [6, 6.07) is 0. The van der Waals surface area contributed by atoms with E-state index in [0.29, 0.717) is 32.7 Å². The standard InChI is InChI=1S/C11H24O5/c1-3-14-11(15-4-2)6-8-16-10(9-13)5-7-12/h10-13H,3-9H2,1-2H3. The number of hydrogen-bond donors (Lipinski definition) is 2. The van der Waals surface area contributed by atoms with E-state index in [1.165, 1.54) is 0 Å². The van der Waals surface area contributed by atoms with Gasteiger partial charge in [-0.2, -0.15) is 0 Å². The van der Waals surface area contributed by atoms with Crippen molar-refractivity contribution in [2.45, 2.75) is 39.1 Å². The predicted molar refractivity (Wildman–Crippen MR) is 60.2 cm³/mol. The van der Waals surface area contributed by atoms with Crippen LogP contribution in [0.25, 0.3) is 0 Å². The number of rotatable bonds is 11. The smallest absolute Gasteiger partial charge is 0.159 e. The monoisotopic (exact) mass is 236 g/mol. The second-order valence-corrected chi connectivity index (χ2v) is 3.32. The van der Waals surface area contributed by atoms with Gasteiger partial charge < -0.3 is 24.4 Å². The lowest BCUT2D eigenvalue weighted by atomic mass is 10.3. The van der Waals surface area contributed by atoms with Gasteiger partial charge in [-0.15, -0.1) is 0 Å². The molecule has 0 saturated heterocycles. The molecule has 5 heteroatoms. The van der Waals surface area contributed by atoms with Crippen LogP contribution >= 0.6 is 0 Å². The van der Waals surface area contributed by atoms with Crippen LogP contribution < -0.4 is 0 Å². The van der Waals surface area contributed by atoms with Gasteiger partial charge in [0.2, 0.25) is 0 Å². The molecule has 0 radical (unpaired) electrons. The van der Waals surface area contributed by atoms with Crippen LogP contribution in [0.5, 0.6) is 0 Å². The lowest BCUT2D eigenvalue weighted by Crippen LogP contribution is -2.24. The summed E-state index contributed by atoms with van der Waals surface area (Å²) in [5.41, 5.74) is 0. The lowest BCUT2D eigenvalue weighted by Gasteiger charge is -2.19. The van der Waals surface area contributed by atoms with Gasteiger partial charge in [-0.3, -0.25) is 0 Å². The molecule has 0 aromatic rings. The second kappa shape index (κ2) is 11.3. The van der Waals surface area contributed by atoms with Crippen LogP contribution in [0.2, 0.25) is 0 Å². The Balaban J connectivity index is 3.65. The fourth-order valence-corrected chi connectivity index (χ4v) is 1.29. The topological polar surface area (TPSA) is 68.2 Å². The maximum atomic E-state index is 8.93. The third-order valence-electron chi connectivity index (χ3n) is 2.07. The molecule has 98 valence electrons. The normalized spacial score (nSPS) is 13.3. The molecule has 0 fully saturated rings. The zero-order chi connectivity index (χ0) is 12.2. The molecule has 0 saturated carbocycles. The SMILES string of the molecule is CCOC(CCOC(CO)CCO)OCC. The van der Waals surface area contributed by atoms with Crippen LogP contribution in [0.3, 0.4) is 0 Å². The summed E-state index contributed by atoms with van der Waals surface area (Å²) in [5.74, 6) is 0. The molecule has 1 unspecified atom stereocenters. The first-order valence-electron chi connectivity index (χ1n) is 5.84. The fraction of sp³-hybridized carbons (Fsp3) is 1.00. The van der Waals surface area contributed by atoms with E-state index in [9.17, 15) is 0 Å². The summed E-state index contributed by atoms with van der Waals surface area (Å²) in [4.78, 5) is 0. The molecular formula is C11H24O5. The molecule has 0 bridgehead atoms. The summed E-state index contributed by atoms with van der Waals surface area (Å²) in [7, 11) is 0. The number of aliphatic hydroxyl groups is 2. The average molecular weight is 236 g/mol. The molecule has 2 N–H and O–H groups in total. The van der Waals surface area contributed by atoms with E-state index < -0.39 is 0 Å². The first-order chi connectivity index (χ1) is 7.78. The third kappa shape index (κ3) is 8.01. The Morgan fingerprint density at radius 2 is 1.56 bits per heavy atom. The molecular weight excluding hydrogens is 212 g/mol. The van der Waals surface area contributed by atoms with Crippen molar-refractivity contribution in [3.8, 4) is 0 Å². The third-order valence-corrected chi connectivity index (χ3v) is 2.07. The highest BCUT2D eigenvalue weighted by atomic mass is 16.7. The first-order valence-corrected chi connectivity index (χ1v) is 5.84. The average Bonchev–Trinajstić information content (AvgIpc) is 2.28. The molecule has 0 aliphatic rings.